The fourth-order valence-electron chi connectivity index (χ4n) is 2.57. The molecule has 2 atom stereocenters. The monoisotopic (exact) mass is 282 g/mol. The summed E-state index contributed by atoms with van der Waals surface area (Å²) in [7, 11) is 0. The molecule has 0 spiro atoms. The molecule has 0 amide bonds. The lowest BCUT2D eigenvalue weighted by Crippen LogP contribution is -2.25. The maximum Gasteiger partial charge on any atom is 0.435 e. The van der Waals surface area contributed by atoms with E-state index in [4.69, 9.17) is 0 Å². The van der Waals surface area contributed by atoms with Crippen LogP contribution >= 0.6 is 0 Å². The van der Waals surface area contributed by atoms with Crippen molar-refractivity contribution in [3.8, 4) is 0 Å². The first-order valence-electron chi connectivity index (χ1n) is 6.07. The number of halogens is 5. The third-order valence-electron chi connectivity index (χ3n) is 3.80. The lowest BCUT2D eigenvalue weighted by Gasteiger charge is -2.21. The normalized spacial score (nSPS) is 26.0. The number of aromatic nitrogens is 2. The summed E-state index contributed by atoms with van der Waals surface area (Å²) in [5, 5.41) is 3.39. The van der Waals surface area contributed by atoms with Crippen molar-refractivity contribution in [2.24, 2.45) is 5.92 Å². The van der Waals surface area contributed by atoms with E-state index in [1.165, 1.54) is 27.7 Å². The Bertz CT molecular complexity index is 501. The zero-order chi connectivity index (χ0) is 14.7. The van der Waals surface area contributed by atoms with Crippen molar-refractivity contribution in [2.75, 3.05) is 0 Å². The molecular formula is C12H15F5N2. The van der Waals surface area contributed by atoms with Crippen LogP contribution in [0.15, 0.2) is 0 Å². The number of alkyl halides is 5. The van der Waals surface area contributed by atoms with E-state index in [0.717, 1.165) is 4.68 Å². The average Bonchev–Trinajstić information content (AvgIpc) is 2.72. The minimum Gasteiger partial charge on any atom is -0.260 e. The Balaban J connectivity index is 2.77. The van der Waals surface area contributed by atoms with Gasteiger partial charge in [0.15, 0.2) is 5.69 Å². The SMILES string of the molecule is CC(C)n1nc(C(F)(F)F)c2c1C(F)(F)[C@H](C)[C@@H]2C. The minimum atomic E-state index is -4.71. The smallest absolute Gasteiger partial charge is 0.260 e. The second-order valence-electron chi connectivity index (χ2n) is 5.35. The van der Waals surface area contributed by atoms with Gasteiger partial charge in [0.05, 0.1) is 0 Å². The third kappa shape index (κ3) is 1.85. The Morgan fingerprint density at radius 1 is 1.21 bits per heavy atom. The van der Waals surface area contributed by atoms with Gasteiger partial charge in [0, 0.05) is 17.5 Å². The molecular weight excluding hydrogens is 267 g/mol. The molecule has 19 heavy (non-hydrogen) atoms. The third-order valence-corrected chi connectivity index (χ3v) is 3.80. The molecule has 0 unspecified atom stereocenters. The van der Waals surface area contributed by atoms with Gasteiger partial charge in [0.1, 0.15) is 5.69 Å². The largest absolute Gasteiger partial charge is 0.435 e. The molecule has 1 aromatic rings. The summed E-state index contributed by atoms with van der Waals surface area (Å²) in [5.74, 6) is -5.31. The topological polar surface area (TPSA) is 17.8 Å². The van der Waals surface area contributed by atoms with Gasteiger partial charge in [0.25, 0.3) is 5.92 Å². The molecule has 0 aromatic carbocycles. The van der Waals surface area contributed by atoms with Crippen LogP contribution in [0.2, 0.25) is 0 Å². The van der Waals surface area contributed by atoms with Crippen LogP contribution in [0.3, 0.4) is 0 Å². The predicted molar refractivity (Wildman–Crippen MR) is 59.1 cm³/mol. The molecule has 1 aromatic heterocycles. The maximum atomic E-state index is 14.2. The van der Waals surface area contributed by atoms with E-state index in [2.05, 4.69) is 5.10 Å². The van der Waals surface area contributed by atoms with E-state index in [1.807, 2.05) is 0 Å². The summed E-state index contributed by atoms with van der Waals surface area (Å²) >= 11 is 0. The summed E-state index contributed by atoms with van der Waals surface area (Å²) in [4.78, 5) is 0. The van der Waals surface area contributed by atoms with Crippen LogP contribution in [-0.4, -0.2) is 9.78 Å². The molecule has 108 valence electrons. The summed E-state index contributed by atoms with van der Waals surface area (Å²) in [6, 6.07) is -0.548. The van der Waals surface area contributed by atoms with E-state index in [-0.39, 0.29) is 5.56 Å². The van der Waals surface area contributed by atoms with Crippen LogP contribution in [-0.2, 0) is 12.1 Å². The standard InChI is InChI=1S/C12H15F5N2/c1-5(2)19-10-8(9(18-19)12(15,16)17)6(3)7(4)11(10,13)14/h5-7H,1-4H3/t6-,7+/m0/s1. The summed E-state index contributed by atoms with van der Waals surface area (Å²) in [5.41, 5.74) is -2.10. The van der Waals surface area contributed by atoms with E-state index in [9.17, 15) is 22.0 Å². The number of hydrogen-bond donors (Lipinski definition) is 0. The van der Waals surface area contributed by atoms with E-state index < -0.39 is 41.4 Å². The minimum absolute atomic E-state index is 0.348. The quantitative estimate of drug-likeness (QED) is 0.701. The van der Waals surface area contributed by atoms with Crippen LogP contribution in [0.1, 0.15) is 56.6 Å². The molecule has 0 N–H and O–H groups in total. The molecule has 2 rings (SSSR count). The highest BCUT2D eigenvalue weighted by molar-refractivity contribution is 5.41. The van der Waals surface area contributed by atoms with Gasteiger partial charge in [-0.1, -0.05) is 13.8 Å². The highest BCUT2D eigenvalue weighted by atomic mass is 19.4. The van der Waals surface area contributed by atoms with Gasteiger partial charge in [-0.3, -0.25) is 4.68 Å². The van der Waals surface area contributed by atoms with Crippen molar-refractivity contribution in [3.63, 3.8) is 0 Å². The van der Waals surface area contributed by atoms with Gasteiger partial charge in [0.2, 0.25) is 0 Å². The first kappa shape index (κ1) is 14.3. The van der Waals surface area contributed by atoms with Gasteiger partial charge in [-0.15, -0.1) is 0 Å². The van der Waals surface area contributed by atoms with Crippen molar-refractivity contribution in [3.05, 3.63) is 17.0 Å². The van der Waals surface area contributed by atoms with Crippen molar-refractivity contribution in [1.29, 1.82) is 0 Å². The highest BCUT2D eigenvalue weighted by Gasteiger charge is 2.57. The molecule has 2 nitrogen and oxygen atoms in total. The number of fused-ring (bicyclic) bond motifs is 1. The molecule has 0 aliphatic heterocycles. The zero-order valence-electron chi connectivity index (χ0n) is 11.0. The Hall–Kier alpha value is -1.14. The first-order chi connectivity index (χ1) is 8.49. The maximum absolute atomic E-state index is 14.2. The summed E-state index contributed by atoms with van der Waals surface area (Å²) in [6.45, 7) is 5.75. The summed E-state index contributed by atoms with van der Waals surface area (Å²) < 4.78 is 68.0. The highest BCUT2D eigenvalue weighted by Crippen LogP contribution is 2.55. The molecule has 1 aliphatic rings. The lowest BCUT2D eigenvalue weighted by atomic mass is 9.94. The molecule has 0 saturated heterocycles. The van der Waals surface area contributed by atoms with Crippen molar-refractivity contribution < 1.29 is 22.0 Å². The van der Waals surface area contributed by atoms with Crippen molar-refractivity contribution in [2.45, 2.75) is 51.8 Å². The fraction of sp³-hybridized carbons (Fsp3) is 0.750. The van der Waals surface area contributed by atoms with E-state index in [1.54, 1.807) is 0 Å². The Morgan fingerprint density at radius 3 is 2.16 bits per heavy atom. The molecule has 0 saturated carbocycles. The number of nitrogens with zero attached hydrogens (tertiary/aromatic N) is 2. The Morgan fingerprint density at radius 2 is 1.74 bits per heavy atom. The van der Waals surface area contributed by atoms with Gasteiger partial charge in [-0.25, -0.2) is 0 Å². The molecule has 0 radical (unpaired) electrons. The molecule has 1 aliphatic carbocycles. The second kappa shape index (κ2) is 3.93. The van der Waals surface area contributed by atoms with Gasteiger partial charge in [-0.05, 0) is 19.8 Å². The predicted octanol–water partition coefficient (Wildman–Crippen LogP) is 4.33. The van der Waals surface area contributed by atoms with Gasteiger partial charge < -0.3 is 0 Å². The first-order valence-corrected chi connectivity index (χ1v) is 6.07. The Kier molecular flexibility index (Phi) is 2.95. The van der Waals surface area contributed by atoms with Crippen LogP contribution in [0.5, 0.6) is 0 Å². The van der Waals surface area contributed by atoms with Crippen LogP contribution < -0.4 is 0 Å². The molecule has 1 heterocycles. The van der Waals surface area contributed by atoms with Gasteiger partial charge >= 0.3 is 6.18 Å². The van der Waals surface area contributed by atoms with Crippen molar-refractivity contribution in [1.82, 2.24) is 9.78 Å². The van der Waals surface area contributed by atoms with E-state index in [0.29, 0.717) is 0 Å². The second-order valence-corrected chi connectivity index (χ2v) is 5.35. The van der Waals surface area contributed by atoms with E-state index >= 15 is 0 Å². The molecule has 7 heteroatoms. The Labute approximate surface area is 107 Å². The zero-order valence-corrected chi connectivity index (χ0v) is 11.0. The van der Waals surface area contributed by atoms with Crippen LogP contribution in [0, 0.1) is 5.92 Å². The number of rotatable bonds is 1. The van der Waals surface area contributed by atoms with Crippen molar-refractivity contribution >= 4 is 0 Å². The average molecular weight is 282 g/mol. The van der Waals surface area contributed by atoms with Gasteiger partial charge in [-0.2, -0.15) is 27.1 Å². The number of hydrogen-bond acceptors (Lipinski definition) is 1. The van der Waals surface area contributed by atoms with Crippen LogP contribution in [0.25, 0.3) is 0 Å². The van der Waals surface area contributed by atoms with Crippen LogP contribution in [0.4, 0.5) is 22.0 Å². The molecule has 0 fully saturated rings. The lowest BCUT2D eigenvalue weighted by molar-refractivity contribution is -0.142. The summed E-state index contributed by atoms with van der Waals surface area (Å²) in [6.07, 6.45) is -4.71. The fourth-order valence-corrected chi connectivity index (χ4v) is 2.57. The molecule has 0 bridgehead atoms.